The summed E-state index contributed by atoms with van der Waals surface area (Å²) in [7, 11) is 0. The average Bonchev–Trinajstić information content (AvgIpc) is 2.39. The molecule has 0 radical (unpaired) electrons. The molecular formula is C15H18N2O2. The van der Waals surface area contributed by atoms with Crippen LogP contribution in [-0.2, 0) is 0 Å². The summed E-state index contributed by atoms with van der Waals surface area (Å²) in [5, 5.41) is 9.58. The number of hydrogen-bond donors (Lipinski definition) is 1. The van der Waals surface area contributed by atoms with E-state index >= 15 is 0 Å². The van der Waals surface area contributed by atoms with E-state index < -0.39 is 6.10 Å². The highest BCUT2D eigenvalue weighted by atomic mass is 16.5. The fourth-order valence-electron chi connectivity index (χ4n) is 1.92. The topological polar surface area (TPSA) is 55.2 Å². The van der Waals surface area contributed by atoms with Crippen molar-refractivity contribution in [2.24, 2.45) is 0 Å². The Balaban J connectivity index is 2.36. The smallest absolute Gasteiger partial charge is 0.159 e. The number of hydrogen-bond acceptors (Lipinski definition) is 4. The molecule has 0 amide bonds. The maximum Gasteiger partial charge on any atom is 0.159 e. The Labute approximate surface area is 113 Å². The molecule has 100 valence electrons. The van der Waals surface area contributed by atoms with E-state index in [0.29, 0.717) is 12.4 Å². The molecular weight excluding hydrogens is 240 g/mol. The molecule has 1 heterocycles. The third-order valence-corrected chi connectivity index (χ3v) is 2.87. The lowest BCUT2D eigenvalue weighted by molar-refractivity contribution is 0.197. The van der Waals surface area contributed by atoms with Gasteiger partial charge in [0.25, 0.3) is 0 Å². The number of nitrogens with zero attached hydrogens (tertiary/aromatic N) is 2. The lowest BCUT2D eigenvalue weighted by Gasteiger charge is -2.10. The van der Waals surface area contributed by atoms with Gasteiger partial charge in [-0.25, -0.2) is 9.97 Å². The summed E-state index contributed by atoms with van der Waals surface area (Å²) < 4.78 is 5.46. The number of aryl methyl sites for hydroxylation is 1. The highest BCUT2D eigenvalue weighted by Gasteiger charge is 2.09. The van der Waals surface area contributed by atoms with Gasteiger partial charge in [0.15, 0.2) is 5.82 Å². The van der Waals surface area contributed by atoms with E-state index in [1.807, 2.05) is 38.1 Å². The lowest BCUT2D eigenvalue weighted by atomic mass is 10.1. The van der Waals surface area contributed by atoms with Crippen LogP contribution in [0.1, 0.15) is 31.2 Å². The number of rotatable bonds is 4. The van der Waals surface area contributed by atoms with Gasteiger partial charge in [0, 0.05) is 23.0 Å². The van der Waals surface area contributed by atoms with Gasteiger partial charge < -0.3 is 9.84 Å². The zero-order valence-electron chi connectivity index (χ0n) is 11.4. The van der Waals surface area contributed by atoms with Gasteiger partial charge in [0.1, 0.15) is 5.75 Å². The number of aliphatic hydroxyl groups excluding tert-OH is 1. The highest BCUT2D eigenvalue weighted by Crippen LogP contribution is 2.23. The molecule has 0 saturated carbocycles. The van der Waals surface area contributed by atoms with Crippen LogP contribution in [0.4, 0.5) is 0 Å². The van der Waals surface area contributed by atoms with Crippen LogP contribution in [0.2, 0.25) is 0 Å². The molecule has 0 spiro atoms. The van der Waals surface area contributed by atoms with Crippen molar-refractivity contribution in [1.29, 1.82) is 0 Å². The van der Waals surface area contributed by atoms with Crippen LogP contribution in [0, 0.1) is 6.92 Å². The summed E-state index contributed by atoms with van der Waals surface area (Å²) in [6.45, 7) is 6.16. The van der Waals surface area contributed by atoms with E-state index in [-0.39, 0.29) is 0 Å². The number of aromatic nitrogens is 2. The Hall–Kier alpha value is -1.94. The van der Waals surface area contributed by atoms with Crippen molar-refractivity contribution in [1.82, 2.24) is 9.97 Å². The van der Waals surface area contributed by atoms with Crippen LogP contribution >= 0.6 is 0 Å². The summed E-state index contributed by atoms with van der Waals surface area (Å²) in [5.74, 6) is 1.45. The molecule has 1 aromatic heterocycles. The van der Waals surface area contributed by atoms with Crippen molar-refractivity contribution in [2.45, 2.75) is 26.9 Å². The first kappa shape index (κ1) is 13.5. The molecule has 0 aliphatic carbocycles. The van der Waals surface area contributed by atoms with Crippen LogP contribution in [0.25, 0.3) is 11.4 Å². The summed E-state index contributed by atoms with van der Waals surface area (Å²) in [4.78, 5) is 8.74. The molecule has 2 rings (SSSR count). The van der Waals surface area contributed by atoms with Crippen LogP contribution < -0.4 is 4.74 Å². The van der Waals surface area contributed by atoms with Crippen molar-refractivity contribution in [3.8, 4) is 17.1 Å². The summed E-state index contributed by atoms with van der Waals surface area (Å²) in [6, 6.07) is 7.69. The van der Waals surface area contributed by atoms with E-state index in [4.69, 9.17) is 4.74 Å². The molecule has 0 aliphatic heterocycles. The van der Waals surface area contributed by atoms with E-state index in [1.165, 1.54) is 0 Å². The van der Waals surface area contributed by atoms with Gasteiger partial charge in [-0.1, -0.05) is 12.1 Å². The molecule has 19 heavy (non-hydrogen) atoms. The van der Waals surface area contributed by atoms with Gasteiger partial charge in [0.05, 0.1) is 12.7 Å². The SMILES string of the molecule is CCOc1cccc(-c2ncc([C@@H](C)O)c(C)n2)c1. The molecule has 4 nitrogen and oxygen atoms in total. The predicted molar refractivity (Wildman–Crippen MR) is 74.0 cm³/mol. The molecule has 1 aromatic carbocycles. The van der Waals surface area contributed by atoms with Crippen molar-refractivity contribution >= 4 is 0 Å². The maximum absolute atomic E-state index is 9.58. The zero-order chi connectivity index (χ0) is 13.8. The minimum absolute atomic E-state index is 0.552. The van der Waals surface area contributed by atoms with Gasteiger partial charge in [-0.2, -0.15) is 0 Å². The Kier molecular flexibility index (Phi) is 4.12. The van der Waals surface area contributed by atoms with Crippen LogP contribution in [0.15, 0.2) is 30.5 Å². The molecule has 0 unspecified atom stereocenters. The third-order valence-electron chi connectivity index (χ3n) is 2.87. The van der Waals surface area contributed by atoms with Gasteiger partial charge in [-0.15, -0.1) is 0 Å². The Morgan fingerprint density at radius 1 is 1.37 bits per heavy atom. The Morgan fingerprint density at radius 3 is 2.79 bits per heavy atom. The summed E-state index contributed by atoms with van der Waals surface area (Å²) in [5.41, 5.74) is 2.46. The van der Waals surface area contributed by atoms with E-state index in [9.17, 15) is 5.11 Å². The van der Waals surface area contributed by atoms with Crippen molar-refractivity contribution in [2.75, 3.05) is 6.61 Å². The molecule has 1 atom stereocenters. The monoisotopic (exact) mass is 258 g/mol. The molecule has 2 aromatic rings. The second kappa shape index (κ2) is 5.80. The second-order valence-corrected chi connectivity index (χ2v) is 4.37. The van der Waals surface area contributed by atoms with Gasteiger partial charge >= 0.3 is 0 Å². The largest absolute Gasteiger partial charge is 0.494 e. The first-order chi connectivity index (χ1) is 9.11. The Bertz CT molecular complexity index is 568. The first-order valence-corrected chi connectivity index (χ1v) is 6.36. The van der Waals surface area contributed by atoms with E-state index in [2.05, 4.69) is 9.97 Å². The van der Waals surface area contributed by atoms with E-state index in [1.54, 1.807) is 13.1 Å². The van der Waals surface area contributed by atoms with Crippen molar-refractivity contribution in [3.63, 3.8) is 0 Å². The quantitative estimate of drug-likeness (QED) is 0.916. The highest BCUT2D eigenvalue weighted by molar-refractivity contribution is 5.57. The summed E-state index contributed by atoms with van der Waals surface area (Å²) >= 11 is 0. The summed E-state index contributed by atoms with van der Waals surface area (Å²) in [6.07, 6.45) is 1.12. The second-order valence-electron chi connectivity index (χ2n) is 4.37. The predicted octanol–water partition coefficient (Wildman–Crippen LogP) is 2.90. The van der Waals surface area contributed by atoms with E-state index in [0.717, 1.165) is 22.6 Å². The number of benzene rings is 1. The molecule has 0 fully saturated rings. The third kappa shape index (κ3) is 3.09. The standard InChI is InChI=1S/C15H18N2O2/c1-4-19-13-7-5-6-12(8-13)15-16-9-14(11(3)18)10(2)17-15/h5-9,11,18H,4H2,1-3H3/t11-/m1/s1. The van der Waals surface area contributed by atoms with Gasteiger partial charge in [0.2, 0.25) is 0 Å². The molecule has 0 bridgehead atoms. The van der Waals surface area contributed by atoms with Crippen LogP contribution in [-0.4, -0.2) is 21.7 Å². The number of ether oxygens (including phenoxy) is 1. The molecule has 4 heteroatoms. The first-order valence-electron chi connectivity index (χ1n) is 6.36. The maximum atomic E-state index is 9.58. The average molecular weight is 258 g/mol. The lowest BCUT2D eigenvalue weighted by Crippen LogP contribution is -2.01. The van der Waals surface area contributed by atoms with Gasteiger partial charge in [-0.3, -0.25) is 0 Å². The minimum Gasteiger partial charge on any atom is -0.494 e. The number of aliphatic hydroxyl groups is 1. The molecule has 0 saturated heterocycles. The fourth-order valence-corrected chi connectivity index (χ4v) is 1.92. The minimum atomic E-state index is -0.552. The van der Waals surface area contributed by atoms with Gasteiger partial charge in [-0.05, 0) is 32.9 Å². The van der Waals surface area contributed by atoms with Crippen LogP contribution in [0.5, 0.6) is 5.75 Å². The molecule has 0 aliphatic rings. The Morgan fingerprint density at radius 2 is 2.16 bits per heavy atom. The molecule has 1 N–H and O–H groups in total. The van der Waals surface area contributed by atoms with Crippen molar-refractivity contribution in [3.05, 3.63) is 41.7 Å². The van der Waals surface area contributed by atoms with Crippen LogP contribution in [0.3, 0.4) is 0 Å². The van der Waals surface area contributed by atoms with Crippen molar-refractivity contribution < 1.29 is 9.84 Å². The fraction of sp³-hybridized carbons (Fsp3) is 0.333. The normalized spacial score (nSPS) is 12.2. The zero-order valence-corrected chi connectivity index (χ0v) is 11.4.